The number of rotatable bonds is 2. The molecule has 4 nitrogen and oxygen atoms in total. The van der Waals surface area contributed by atoms with Gasteiger partial charge in [-0.15, -0.1) is 0 Å². The molecule has 1 heterocycles. The van der Waals surface area contributed by atoms with Crippen LogP contribution in [0, 0.1) is 0 Å². The molecule has 0 amide bonds. The number of hydrogen-bond donors (Lipinski definition) is 3. The summed E-state index contributed by atoms with van der Waals surface area (Å²) < 4.78 is 0. The lowest BCUT2D eigenvalue weighted by Gasteiger charge is -2.22. The summed E-state index contributed by atoms with van der Waals surface area (Å²) in [5.41, 5.74) is 2.84. The zero-order chi connectivity index (χ0) is 16.6. The van der Waals surface area contributed by atoms with Gasteiger partial charge in [0.05, 0.1) is 23.0 Å². The second kappa shape index (κ2) is 6.14. The lowest BCUT2D eigenvalue weighted by molar-refractivity contribution is -0.133. The molecule has 1 atom stereocenters. The topological polar surface area (TPSA) is 61.4 Å². The number of aliphatic carboxylic acids is 1. The molecule has 0 spiro atoms. The Morgan fingerprint density at radius 3 is 2.26 bits per heavy atom. The van der Waals surface area contributed by atoms with Crippen LogP contribution >= 0.6 is 23.2 Å². The number of allylic oxidation sites excluding steroid dienone is 1. The highest BCUT2D eigenvalue weighted by Crippen LogP contribution is 2.41. The van der Waals surface area contributed by atoms with Crippen LogP contribution in [0.3, 0.4) is 0 Å². The van der Waals surface area contributed by atoms with E-state index < -0.39 is 12.0 Å². The molecular formula is C17H14Cl2N2O2. The Hall–Kier alpha value is -2.17. The molecule has 2 aromatic rings. The van der Waals surface area contributed by atoms with Crippen LogP contribution in [0.2, 0.25) is 10.0 Å². The van der Waals surface area contributed by atoms with Crippen LogP contribution < -0.4 is 10.6 Å². The Balaban J connectivity index is 2.23. The van der Waals surface area contributed by atoms with Gasteiger partial charge >= 0.3 is 5.97 Å². The van der Waals surface area contributed by atoms with Crippen molar-refractivity contribution in [1.82, 2.24) is 0 Å². The van der Waals surface area contributed by atoms with Crippen molar-refractivity contribution >= 4 is 40.5 Å². The molecule has 0 aromatic heterocycles. The number of anilines is 2. The fourth-order valence-electron chi connectivity index (χ4n) is 2.72. The molecule has 6 heteroatoms. The summed E-state index contributed by atoms with van der Waals surface area (Å²) in [4.78, 5) is 11.9. The second-order valence-electron chi connectivity index (χ2n) is 5.23. The minimum atomic E-state index is -1.03. The lowest BCUT2D eigenvalue weighted by atomic mass is 9.97. The molecule has 3 N–H and O–H groups in total. The van der Waals surface area contributed by atoms with Gasteiger partial charge in [-0.2, -0.15) is 0 Å². The average molecular weight is 349 g/mol. The smallest absolute Gasteiger partial charge is 0.335 e. The van der Waals surface area contributed by atoms with Crippen molar-refractivity contribution in [3.05, 3.63) is 69.3 Å². The molecule has 0 saturated heterocycles. The van der Waals surface area contributed by atoms with E-state index in [9.17, 15) is 9.90 Å². The highest BCUT2D eigenvalue weighted by molar-refractivity contribution is 6.36. The van der Waals surface area contributed by atoms with Gasteiger partial charge in [0, 0.05) is 21.3 Å². The molecule has 118 valence electrons. The first-order chi connectivity index (χ1) is 11.0. The van der Waals surface area contributed by atoms with Crippen LogP contribution in [0.1, 0.15) is 18.5 Å². The minimum Gasteiger partial charge on any atom is -0.478 e. The molecular weight excluding hydrogens is 335 g/mol. The third-order valence-electron chi connectivity index (χ3n) is 3.76. The summed E-state index contributed by atoms with van der Waals surface area (Å²) in [5, 5.41) is 16.9. The quantitative estimate of drug-likeness (QED) is 0.719. The van der Waals surface area contributed by atoms with Gasteiger partial charge in [-0.1, -0.05) is 41.4 Å². The number of halogens is 2. The third-order valence-corrected chi connectivity index (χ3v) is 4.42. The molecule has 0 saturated carbocycles. The van der Waals surface area contributed by atoms with Gasteiger partial charge in [-0.25, -0.2) is 4.79 Å². The number of para-hydroxylation sites is 2. The second-order valence-corrected chi connectivity index (χ2v) is 6.04. The van der Waals surface area contributed by atoms with Crippen molar-refractivity contribution < 1.29 is 9.90 Å². The van der Waals surface area contributed by atoms with Gasteiger partial charge < -0.3 is 15.7 Å². The van der Waals surface area contributed by atoms with Crippen molar-refractivity contribution in [2.24, 2.45) is 0 Å². The van der Waals surface area contributed by atoms with Crippen molar-refractivity contribution in [3.8, 4) is 0 Å². The molecule has 3 rings (SSSR count). The van der Waals surface area contributed by atoms with E-state index >= 15 is 0 Å². The Labute approximate surface area is 143 Å². The zero-order valence-electron chi connectivity index (χ0n) is 12.2. The first kappa shape index (κ1) is 15.7. The SMILES string of the molecule is CC1=C(C(=O)O)C(c2c(Cl)cccc2Cl)Nc2ccccc2N1. The lowest BCUT2D eigenvalue weighted by Crippen LogP contribution is -2.20. The standard InChI is InChI=1S/C17H14Cl2N2O2/c1-9-14(17(22)23)16(15-10(18)5-4-6-11(15)19)21-13-8-3-2-7-12(13)20-9/h2-8,16,20-21H,1H3,(H,22,23). The zero-order valence-corrected chi connectivity index (χ0v) is 13.7. The molecule has 2 aromatic carbocycles. The predicted octanol–water partition coefficient (Wildman–Crippen LogP) is 4.93. The number of carboxylic acids is 1. The fourth-order valence-corrected chi connectivity index (χ4v) is 3.33. The highest BCUT2D eigenvalue weighted by Gasteiger charge is 2.31. The van der Waals surface area contributed by atoms with Crippen LogP contribution in [0.4, 0.5) is 11.4 Å². The van der Waals surface area contributed by atoms with Gasteiger partial charge in [0.15, 0.2) is 0 Å². The van der Waals surface area contributed by atoms with E-state index in [-0.39, 0.29) is 5.57 Å². The summed E-state index contributed by atoms with van der Waals surface area (Å²) in [6.45, 7) is 1.73. The molecule has 23 heavy (non-hydrogen) atoms. The van der Waals surface area contributed by atoms with Crippen molar-refractivity contribution in [3.63, 3.8) is 0 Å². The molecule has 1 aliphatic heterocycles. The van der Waals surface area contributed by atoms with Crippen molar-refractivity contribution in [2.45, 2.75) is 13.0 Å². The maximum absolute atomic E-state index is 11.9. The predicted molar refractivity (Wildman–Crippen MR) is 93.2 cm³/mol. The summed E-state index contributed by atoms with van der Waals surface area (Å²) in [5.74, 6) is -1.03. The number of benzene rings is 2. The molecule has 0 radical (unpaired) electrons. The monoisotopic (exact) mass is 348 g/mol. The molecule has 0 fully saturated rings. The van der Waals surface area contributed by atoms with E-state index in [0.29, 0.717) is 21.3 Å². The van der Waals surface area contributed by atoms with E-state index in [4.69, 9.17) is 23.2 Å². The van der Waals surface area contributed by atoms with Crippen LogP contribution in [0.15, 0.2) is 53.7 Å². The number of hydrogen-bond acceptors (Lipinski definition) is 3. The third kappa shape index (κ3) is 2.87. The first-order valence-corrected chi connectivity index (χ1v) is 7.75. The van der Waals surface area contributed by atoms with Crippen LogP contribution in [-0.4, -0.2) is 11.1 Å². The van der Waals surface area contributed by atoms with Gasteiger partial charge in [0.2, 0.25) is 0 Å². The summed E-state index contributed by atoms with van der Waals surface area (Å²) >= 11 is 12.6. The van der Waals surface area contributed by atoms with E-state index in [1.54, 1.807) is 25.1 Å². The minimum absolute atomic E-state index is 0.177. The van der Waals surface area contributed by atoms with E-state index in [2.05, 4.69) is 10.6 Å². The van der Waals surface area contributed by atoms with Crippen molar-refractivity contribution in [2.75, 3.05) is 10.6 Å². The maximum Gasteiger partial charge on any atom is 0.335 e. The van der Waals surface area contributed by atoms with Gasteiger partial charge in [-0.05, 0) is 31.2 Å². The largest absolute Gasteiger partial charge is 0.478 e. The Morgan fingerprint density at radius 2 is 1.65 bits per heavy atom. The van der Waals surface area contributed by atoms with Gasteiger partial charge in [0.25, 0.3) is 0 Å². The Kier molecular flexibility index (Phi) is 4.20. The summed E-state index contributed by atoms with van der Waals surface area (Å²) in [6, 6.07) is 12.0. The van der Waals surface area contributed by atoms with Crippen molar-refractivity contribution in [1.29, 1.82) is 0 Å². The van der Waals surface area contributed by atoms with Crippen LogP contribution in [0.5, 0.6) is 0 Å². The number of fused-ring (bicyclic) bond motifs is 1. The van der Waals surface area contributed by atoms with Gasteiger partial charge in [-0.3, -0.25) is 0 Å². The Bertz CT molecular complexity index is 798. The number of nitrogens with one attached hydrogen (secondary N) is 2. The van der Waals surface area contributed by atoms with Crippen LogP contribution in [-0.2, 0) is 4.79 Å². The Morgan fingerprint density at radius 1 is 1.04 bits per heavy atom. The number of carboxylic acid groups (broad SMARTS) is 1. The first-order valence-electron chi connectivity index (χ1n) is 6.99. The van der Waals surface area contributed by atoms with E-state index in [0.717, 1.165) is 11.4 Å². The summed E-state index contributed by atoms with van der Waals surface area (Å²) in [7, 11) is 0. The molecule has 1 unspecified atom stereocenters. The van der Waals surface area contributed by atoms with E-state index in [1.807, 2.05) is 24.3 Å². The normalized spacial score (nSPS) is 16.9. The van der Waals surface area contributed by atoms with Crippen LogP contribution in [0.25, 0.3) is 0 Å². The fraction of sp³-hybridized carbons (Fsp3) is 0.118. The van der Waals surface area contributed by atoms with Gasteiger partial charge in [0.1, 0.15) is 0 Å². The molecule has 1 aliphatic rings. The number of carbonyl (C=O) groups is 1. The van der Waals surface area contributed by atoms with E-state index in [1.165, 1.54) is 0 Å². The molecule has 0 bridgehead atoms. The average Bonchev–Trinajstić information content (AvgIpc) is 2.62. The summed E-state index contributed by atoms with van der Waals surface area (Å²) in [6.07, 6.45) is 0. The highest BCUT2D eigenvalue weighted by atomic mass is 35.5. The molecule has 0 aliphatic carbocycles. The maximum atomic E-state index is 11.9.